The van der Waals surface area contributed by atoms with E-state index in [9.17, 15) is 0 Å². The number of terminal acetylenes is 1. The Morgan fingerprint density at radius 1 is 0.714 bits per heavy atom. The maximum atomic E-state index is 8.89. The summed E-state index contributed by atoms with van der Waals surface area (Å²) in [6.07, 6.45) is 8.00. The van der Waals surface area contributed by atoms with E-state index in [1.165, 1.54) is 0 Å². The van der Waals surface area contributed by atoms with E-state index in [1.54, 1.807) is 0 Å². The fourth-order valence-electron chi connectivity index (χ4n) is 0. The summed E-state index contributed by atoms with van der Waals surface area (Å²) < 4.78 is 0. The molecular weight excluding hydrogens is 192 g/mol. The highest BCUT2D eigenvalue weighted by atomic mass is 16.4. The second-order valence-electron chi connectivity index (χ2n) is 1.47. The van der Waals surface area contributed by atoms with Crippen molar-refractivity contribution in [3.8, 4) is 12.8 Å². The molecule has 0 rings (SSSR count). The molecule has 82 valence electrons. The minimum atomic E-state index is -1.08. The molecule has 0 N–H and O–H groups in total. The Morgan fingerprint density at radius 2 is 0.714 bits per heavy atom. The number of carbonyl (C=O) groups excluding carboxylic acids is 3. The van der Waals surface area contributed by atoms with Gasteiger partial charge in [0.15, 0.2) is 0 Å². The maximum Gasteiger partial charge on any atom is 0.0383 e. The molecule has 14 heavy (non-hydrogen) atoms. The van der Waals surface area contributed by atoms with Crippen LogP contribution in [0.2, 0.25) is 0 Å². The molecule has 0 amide bonds. The number of hydrogen-bond donors (Lipinski definition) is 0. The van der Waals surface area contributed by atoms with Gasteiger partial charge in [0.05, 0.1) is 0 Å². The second-order valence-corrected chi connectivity index (χ2v) is 1.47. The van der Waals surface area contributed by atoms with Crippen LogP contribution in [-0.4, -0.2) is 17.9 Å². The van der Waals surface area contributed by atoms with E-state index in [-0.39, 0.29) is 0 Å². The number of carboxylic acid groups (broad SMARTS) is 3. The van der Waals surface area contributed by atoms with Gasteiger partial charge in [-0.15, -0.1) is 12.8 Å². The summed E-state index contributed by atoms with van der Waals surface area (Å²) in [5.74, 6) is -3.25. The molecule has 0 saturated carbocycles. The van der Waals surface area contributed by atoms with E-state index in [4.69, 9.17) is 29.7 Å². The summed E-state index contributed by atoms with van der Waals surface area (Å²) in [4.78, 5) is 26.7. The highest BCUT2D eigenvalue weighted by Gasteiger charge is 1.47. The number of hydrogen-bond acceptors (Lipinski definition) is 6. The van der Waals surface area contributed by atoms with E-state index >= 15 is 0 Å². The standard InChI is InChI=1S/3C2H4O2.C2H2/c3*1-2(3)4;1-2/h3*1H3,(H,3,4);1-2H/p-3. The van der Waals surface area contributed by atoms with Crippen LogP contribution in [0.3, 0.4) is 0 Å². The number of carbonyl (C=O) groups is 3. The number of carboxylic acids is 3. The minimum absolute atomic E-state index is 0.972. The monoisotopic (exact) mass is 203 g/mol. The Kier molecular flexibility index (Phi) is 36.4. The zero-order chi connectivity index (χ0) is 12.7. The predicted molar refractivity (Wildman–Crippen MR) is 41.9 cm³/mol. The van der Waals surface area contributed by atoms with Crippen molar-refractivity contribution in [2.24, 2.45) is 0 Å². The summed E-state index contributed by atoms with van der Waals surface area (Å²) in [5.41, 5.74) is 0. The summed E-state index contributed by atoms with van der Waals surface area (Å²) >= 11 is 0. The van der Waals surface area contributed by atoms with Crippen molar-refractivity contribution >= 4 is 17.9 Å². The van der Waals surface area contributed by atoms with Gasteiger partial charge < -0.3 is 29.7 Å². The second kappa shape index (κ2) is 22.4. The third-order valence-corrected chi connectivity index (χ3v) is 0. The van der Waals surface area contributed by atoms with Gasteiger partial charge >= 0.3 is 0 Å². The van der Waals surface area contributed by atoms with Crippen LogP contribution < -0.4 is 15.3 Å². The molecule has 6 nitrogen and oxygen atoms in total. The lowest BCUT2D eigenvalue weighted by Crippen LogP contribution is -2.16. The molecule has 6 heteroatoms. The van der Waals surface area contributed by atoms with E-state index < -0.39 is 17.9 Å². The first kappa shape index (κ1) is 22.7. The van der Waals surface area contributed by atoms with Gasteiger partial charge in [-0.25, -0.2) is 0 Å². The quantitative estimate of drug-likeness (QED) is 0.377. The molecule has 0 radical (unpaired) electrons. The Morgan fingerprint density at radius 3 is 0.714 bits per heavy atom. The molecule has 0 heterocycles. The molecule has 0 aliphatic heterocycles. The van der Waals surface area contributed by atoms with Crippen molar-refractivity contribution < 1.29 is 29.7 Å². The lowest BCUT2D eigenvalue weighted by molar-refractivity contribution is -0.303. The van der Waals surface area contributed by atoms with E-state index in [2.05, 4.69) is 12.8 Å². The fraction of sp³-hybridized carbons (Fsp3) is 0.375. The molecule has 0 aliphatic carbocycles. The first-order chi connectivity index (χ1) is 6.20. The number of rotatable bonds is 0. The van der Waals surface area contributed by atoms with Crippen LogP contribution in [0, 0.1) is 12.8 Å². The Balaban J connectivity index is -0.0000000492. The average molecular weight is 203 g/mol. The van der Waals surface area contributed by atoms with E-state index in [0.717, 1.165) is 20.8 Å². The van der Waals surface area contributed by atoms with Crippen LogP contribution in [0.25, 0.3) is 0 Å². The third-order valence-electron chi connectivity index (χ3n) is 0. The van der Waals surface area contributed by atoms with Gasteiger partial charge in [0.2, 0.25) is 0 Å². The van der Waals surface area contributed by atoms with Crippen molar-refractivity contribution in [1.29, 1.82) is 0 Å². The molecule has 0 spiro atoms. The molecule has 0 aliphatic rings. The van der Waals surface area contributed by atoms with Gasteiger partial charge in [0.25, 0.3) is 0 Å². The highest BCUT2D eigenvalue weighted by Crippen LogP contribution is 1.31. The van der Waals surface area contributed by atoms with Crippen LogP contribution in [0.5, 0.6) is 0 Å². The minimum Gasteiger partial charge on any atom is -0.550 e. The van der Waals surface area contributed by atoms with Crippen LogP contribution >= 0.6 is 0 Å². The molecule has 0 atom stereocenters. The van der Waals surface area contributed by atoms with E-state index in [1.807, 2.05) is 0 Å². The van der Waals surface area contributed by atoms with Gasteiger partial charge in [-0.05, 0) is 20.8 Å². The summed E-state index contributed by atoms with van der Waals surface area (Å²) in [6.45, 7) is 2.92. The summed E-state index contributed by atoms with van der Waals surface area (Å²) in [6, 6.07) is 0. The van der Waals surface area contributed by atoms with Gasteiger partial charge in [0, 0.05) is 17.9 Å². The topological polar surface area (TPSA) is 120 Å². The molecule has 0 aromatic rings. The van der Waals surface area contributed by atoms with Crippen molar-refractivity contribution in [1.82, 2.24) is 0 Å². The molecule has 0 fully saturated rings. The molecule has 0 aromatic heterocycles. The smallest absolute Gasteiger partial charge is 0.0383 e. The van der Waals surface area contributed by atoms with Crippen molar-refractivity contribution in [2.45, 2.75) is 20.8 Å². The molecular formula is C8H11O6-3. The molecule has 0 bridgehead atoms. The third kappa shape index (κ3) is 195. The largest absolute Gasteiger partial charge is 0.550 e. The maximum absolute atomic E-state index is 8.89. The fourth-order valence-corrected chi connectivity index (χ4v) is 0. The van der Waals surface area contributed by atoms with Crippen LogP contribution in [0.15, 0.2) is 0 Å². The van der Waals surface area contributed by atoms with Gasteiger partial charge in [-0.2, -0.15) is 0 Å². The Hall–Kier alpha value is -2.03. The first-order valence-corrected chi connectivity index (χ1v) is 3.06. The van der Waals surface area contributed by atoms with Gasteiger partial charge in [-0.3, -0.25) is 0 Å². The van der Waals surface area contributed by atoms with Crippen LogP contribution in [-0.2, 0) is 14.4 Å². The first-order valence-electron chi connectivity index (χ1n) is 3.06. The summed E-state index contributed by atoms with van der Waals surface area (Å²) in [7, 11) is 0. The summed E-state index contributed by atoms with van der Waals surface area (Å²) in [5, 5.41) is 26.7. The lowest BCUT2D eigenvalue weighted by Gasteiger charge is -1.77. The van der Waals surface area contributed by atoms with Crippen molar-refractivity contribution in [3.05, 3.63) is 0 Å². The average Bonchev–Trinajstić information content (AvgIpc) is 1.86. The Labute approximate surface area is 82.2 Å². The molecule has 0 unspecified atom stereocenters. The Bertz CT molecular complexity index is 141. The normalized spacial score (nSPS) is 5.50. The number of aliphatic carboxylic acids is 3. The van der Waals surface area contributed by atoms with Crippen LogP contribution in [0.1, 0.15) is 20.8 Å². The highest BCUT2D eigenvalue weighted by molar-refractivity contribution is 5.60. The predicted octanol–water partition coefficient (Wildman–Crippen LogP) is -3.48. The van der Waals surface area contributed by atoms with Gasteiger partial charge in [0.1, 0.15) is 0 Å². The van der Waals surface area contributed by atoms with Gasteiger partial charge in [-0.1, -0.05) is 0 Å². The van der Waals surface area contributed by atoms with Crippen LogP contribution in [0.4, 0.5) is 0 Å². The lowest BCUT2D eigenvalue weighted by atomic mass is 10.9. The van der Waals surface area contributed by atoms with Crippen molar-refractivity contribution in [2.75, 3.05) is 0 Å². The molecule has 0 saturated heterocycles. The van der Waals surface area contributed by atoms with E-state index in [0.29, 0.717) is 0 Å². The zero-order valence-electron chi connectivity index (χ0n) is 8.10. The molecule has 0 aromatic carbocycles. The zero-order valence-corrected chi connectivity index (χ0v) is 8.10. The SMILES string of the molecule is C#C.CC(=O)[O-].CC(=O)[O-].CC(=O)[O-]. The van der Waals surface area contributed by atoms with Crippen molar-refractivity contribution in [3.63, 3.8) is 0 Å².